The van der Waals surface area contributed by atoms with Gasteiger partial charge in [-0.2, -0.15) is 0 Å². The normalized spacial score (nSPS) is 21.0. The second-order valence-corrected chi connectivity index (χ2v) is 6.92. The van der Waals surface area contributed by atoms with Crippen molar-refractivity contribution >= 4 is 5.96 Å². The SMILES string of the molecule is CN=C(NCC1CCCN(C)C1)NCC(C)c1ccc(C)cc1. The number of piperidine rings is 1. The number of nitrogens with zero attached hydrogens (tertiary/aromatic N) is 2. The molecule has 2 N–H and O–H groups in total. The van der Waals surface area contributed by atoms with E-state index in [0.29, 0.717) is 5.92 Å². The lowest BCUT2D eigenvalue weighted by molar-refractivity contribution is 0.210. The molecule has 0 amide bonds. The van der Waals surface area contributed by atoms with Gasteiger partial charge in [0.1, 0.15) is 0 Å². The second kappa shape index (κ2) is 8.92. The molecular formula is C19H32N4. The number of guanidine groups is 1. The van der Waals surface area contributed by atoms with Crippen molar-refractivity contribution in [3.8, 4) is 0 Å². The summed E-state index contributed by atoms with van der Waals surface area (Å²) >= 11 is 0. The summed E-state index contributed by atoms with van der Waals surface area (Å²) in [6.07, 6.45) is 2.62. The average Bonchev–Trinajstić information content (AvgIpc) is 2.55. The van der Waals surface area contributed by atoms with E-state index in [0.717, 1.165) is 25.0 Å². The minimum Gasteiger partial charge on any atom is -0.356 e. The van der Waals surface area contributed by atoms with Crippen molar-refractivity contribution in [1.29, 1.82) is 0 Å². The maximum absolute atomic E-state index is 4.35. The molecule has 1 aliphatic heterocycles. The third-order valence-corrected chi connectivity index (χ3v) is 4.73. The van der Waals surface area contributed by atoms with E-state index in [1.54, 1.807) is 0 Å². The predicted octanol–water partition coefficient (Wildman–Crippen LogP) is 2.61. The number of hydrogen-bond donors (Lipinski definition) is 2. The van der Waals surface area contributed by atoms with E-state index in [1.165, 1.54) is 37.1 Å². The average molecular weight is 316 g/mol. The Labute approximate surface area is 141 Å². The van der Waals surface area contributed by atoms with Crippen molar-refractivity contribution in [2.45, 2.75) is 32.6 Å². The fourth-order valence-electron chi connectivity index (χ4n) is 3.16. The summed E-state index contributed by atoms with van der Waals surface area (Å²) in [5, 5.41) is 6.95. The van der Waals surface area contributed by atoms with Gasteiger partial charge in [0, 0.05) is 26.7 Å². The molecule has 0 spiro atoms. The first-order valence-electron chi connectivity index (χ1n) is 8.78. The van der Waals surface area contributed by atoms with Crippen LogP contribution in [0.25, 0.3) is 0 Å². The monoisotopic (exact) mass is 316 g/mol. The second-order valence-electron chi connectivity index (χ2n) is 6.92. The highest BCUT2D eigenvalue weighted by atomic mass is 15.2. The fourth-order valence-corrected chi connectivity index (χ4v) is 3.16. The van der Waals surface area contributed by atoms with Gasteiger partial charge in [0.15, 0.2) is 5.96 Å². The maximum Gasteiger partial charge on any atom is 0.191 e. The number of aliphatic imine (C=N–C) groups is 1. The van der Waals surface area contributed by atoms with E-state index >= 15 is 0 Å². The van der Waals surface area contributed by atoms with Crippen molar-refractivity contribution in [2.24, 2.45) is 10.9 Å². The van der Waals surface area contributed by atoms with E-state index in [-0.39, 0.29) is 0 Å². The zero-order valence-corrected chi connectivity index (χ0v) is 15.1. The first-order chi connectivity index (χ1) is 11.1. The highest BCUT2D eigenvalue weighted by Gasteiger charge is 2.17. The van der Waals surface area contributed by atoms with Gasteiger partial charge in [-0.3, -0.25) is 4.99 Å². The van der Waals surface area contributed by atoms with Crippen molar-refractivity contribution in [3.05, 3.63) is 35.4 Å². The molecule has 4 nitrogen and oxygen atoms in total. The fraction of sp³-hybridized carbons (Fsp3) is 0.632. The third-order valence-electron chi connectivity index (χ3n) is 4.73. The Balaban J connectivity index is 1.75. The Morgan fingerprint density at radius 3 is 2.70 bits per heavy atom. The molecule has 0 radical (unpaired) electrons. The lowest BCUT2D eigenvalue weighted by Crippen LogP contribution is -2.44. The molecule has 4 heteroatoms. The smallest absolute Gasteiger partial charge is 0.191 e. The van der Waals surface area contributed by atoms with E-state index in [9.17, 15) is 0 Å². The summed E-state index contributed by atoms with van der Waals surface area (Å²) in [5.41, 5.74) is 2.68. The molecule has 2 rings (SSSR count). The van der Waals surface area contributed by atoms with Crippen molar-refractivity contribution < 1.29 is 0 Å². The van der Waals surface area contributed by atoms with E-state index in [2.05, 4.69) is 65.7 Å². The van der Waals surface area contributed by atoms with Gasteiger partial charge in [-0.25, -0.2) is 0 Å². The van der Waals surface area contributed by atoms with Crippen LogP contribution in [0.1, 0.15) is 36.8 Å². The topological polar surface area (TPSA) is 39.7 Å². The lowest BCUT2D eigenvalue weighted by atomic mass is 9.98. The summed E-state index contributed by atoms with van der Waals surface area (Å²) in [4.78, 5) is 6.77. The Hall–Kier alpha value is -1.55. The van der Waals surface area contributed by atoms with Crippen molar-refractivity contribution in [2.75, 3.05) is 40.3 Å². The largest absolute Gasteiger partial charge is 0.356 e. The molecule has 0 aliphatic carbocycles. The zero-order valence-electron chi connectivity index (χ0n) is 15.1. The molecule has 1 aromatic rings. The summed E-state index contributed by atoms with van der Waals surface area (Å²) in [6.45, 7) is 8.69. The minimum absolute atomic E-state index is 0.468. The lowest BCUT2D eigenvalue weighted by Gasteiger charge is -2.30. The van der Waals surface area contributed by atoms with Crippen molar-refractivity contribution in [3.63, 3.8) is 0 Å². The number of nitrogens with one attached hydrogen (secondary N) is 2. The Bertz CT molecular complexity index is 495. The van der Waals surface area contributed by atoms with Gasteiger partial charge >= 0.3 is 0 Å². The first-order valence-corrected chi connectivity index (χ1v) is 8.78. The van der Waals surface area contributed by atoms with Gasteiger partial charge in [-0.15, -0.1) is 0 Å². The standard InChI is InChI=1S/C19H32N4/c1-15-7-9-18(10-8-15)16(2)12-21-19(20-3)22-13-17-6-5-11-23(4)14-17/h7-10,16-17H,5-6,11-14H2,1-4H3,(H2,20,21,22). The molecule has 1 aromatic carbocycles. The number of rotatable bonds is 5. The number of aryl methyl sites for hydroxylation is 1. The zero-order chi connectivity index (χ0) is 16.7. The molecule has 0 bridgehead atoms. The highest BCUT2D eigenvalue weighted by molar-refractivity contribution is 5.79. The minimum atomic E-state index is 0.468. The van der Waals surface area contributed by atoms with E-state index < -0.39 is 0 Å². The van der Waals surface area contributed by atoms with Crippen LogP contribution in [-0.2, 0) is 0 Å². The number of likely N-dealkylation sites (tertiary alicyclic amines) is 1. The Morgan fingerprint density at radius 1 is 1.30 bits per heavy atom. The first kappa shape index (κ1) is 17.8. The summed E-state index contributed by atoms with van der Waals surface area (Å²) in [6, 6.07) is 8.79. The number of benzene rings is 1. The predicted molar refractivity (Wildman–Crippen MR) is 99.2 cm³/mol. The third kappa shape index (κ3) is 5.87. The summed E-state index contributed by atoms with van der Waals surface area (Å²) < 4.78 is 0. The van der Waals surface area contributed by atoms with E-state index in [1.807, 2.05) is 7.05 Å². The molecule has 0 saturated carbocycles. The van der Waals surface area contributed by atoms with Crippen LogP contribution in [0.15, 0.2) is 29.3 Å². The molecule has 128 valence electrons. The molecule has 23 heavy (non-hydrogen) atoms. The maximum atomic E-state index is 4.35. The van der Waals surface area contributed by atoms with Crippen LogP contribution < -0.4 is 10.6 Å². The molecule has 1 heterocycles. The van der Waals surface area contributed by atoms with Gasteiger partial charge in [0.2, 0.25) is 0 Å². The molecule has 2 atom stereocenters. The molecule has 2 unspecified atom stereocenters. The van der Waals surface area contributed by atoms with Crippen LogP contribution in [-0.4, -0.2) is 51.1 Å². The van der Waals surface area contributed by atoms with Gasteiger partial charge in [0.05, 0.1) is 0 Å². The van der Waals surface area contributed by atoms with Crippen LogP contribution in [0.2, 0.25) is 0 Å². The Morgan fingerprint density at radius 2 is 2.04 bits per heavy atom. The number of hydrogen-bond acceptors (Lipinski definition) is 2. The van der Waals surface area contributed by atoms with Gasteiger partial charge in [-0.1, -0.05) is 36.8 Å². The van der Waals surface area contributed by atoms with Crippen LogP contribution in [0.5, 0.6) is 0 Å². The highest BCUT2D eigenvalue weighted by Crippen LogP contribution is 2.15. The molecule has 1 saturated heterocycles. The molecular weight excluding hydrogens is 284 g/mol. The quantitative estimate of drug-likeness (QED) is 0.648. The van der Waals surface area contributed by atoms with Crippen molar-refractivity contribution in [1.82, 2.24) is 15.5 Å². The molecule has 0 aromatic heterocycles. The summed E-state index contributed by atoms with van der Waals surface area (Å²) in [7, 11) is 4.06. The molecule has 1 aliphatic rings. The van der Waals surface area contributed by atoms with Crippen LogP contribution in [0.3, 0.4) is 0 Å². The van der Waals surface area contributed by atoms with Crippen LogP contribution in [0.4, 0.5) is 0 Å². The van der Waals surface area contributed by atoms with Gasteiger partial charge in [-0.05, 0) is 50.8 Å². The van der Waals surface area contributed by atoms with E-state index in [4.69, 9.17) is 0 Å². The molecule has 1 fully saturated rings. The van der Waals surface area contributed by atoms with Gasteiger partial charge < -0.3 is 15.5 Å². The Kier molecular flexibility index (Phi) is 6.90. The summed E-state index contributed by atoms with van der Waals surface area (Å²) in [5.74, 6) is 2.11. The van der Waals surface area contributed by atoms with Crippen LogP contribution >= 0.6 is 0 Å². The van der Waals surface area contributed by atoms with Crippen LogP contribution in [0, 0.1) is 12.8 Å². The van der Waals surface area contributed by atoms with Gasteiger partial charge in [0.25, 0.3) is 0 Å².